The molecule has 1 heterocycles. The first-order valence-corrected chi connectivity index (χ1v) is 6.17. The minimum absolute atomic E-state index is 0.0184. The molecule has 0 saturated carbocycles. The van der Waals surface area contributed by atoms with E-state index in [9.17, 15) is 4.79 Å². The molecule has 2 aromatic carbocycles. The topological polar surface area (TPSA) is 52.9 Å². The Hall–Kier alpha value is -2.60. The van der Waals surface area contributed by atoms with Crippen molar-refractivity contribution in [1.82, 2.24) is 0 Å². The number of rotatable bonds is 1. The number of carbonyl (C=O) groups excluding carboxylic acids is 1. The summed E-state index contributed by atoms with van der Waals surface area (Å²) in [5.41, 5.74) is 3.30. The van der Waals surface area contributed by atoms with Crippen LogP contribution in [0.4, 0.5) is 5.69 Å². The minimum atomic E-state index is -0.0184. The van der Waals surface area contributed by atoms with Gasteiger partial charge in [0.15, 0.2) is 5.78 Å². The SMILES string of the molecule is N#Cc1ccc(C2CC(=O)c3ccccc3N2)cc1. The number of carbonyl (C=O) groups is 1. The molecule has 19 heavy (non-hydrogen) atoms. The standard InChI is InChI=1S/C16H12N2O/c17-10-11-5-7-12(8-6-11)15-9-16(19)13-3-1-2-4-14(13)18-15/h1-8,15,18H,9H2. The molecule has 1 aliphatic rings. The van der Waals surface area contributed by atoms with Crippen molar-refractivity contribution in [3.63, 3.8) is 0 Å². The molecule has 1 atom stereocenters. The van der Waals surface area contributed by atoms with Crippen molar-refractivity contribution in [2.24, 2.45) is 0 Å². The summed E-state index contributed by atoms with van der Waals surface area (Å²) >= 11 is 0. The normalized spacial score (nSPS) is 17.2. The summed E-state index contributed by atoms with van der Waals surface area (Å²) in [6.45, 7) is 0. The highest BCUT2D eigenvalue weighted by Gasteiger charge is 2.24. The summed E-state index contributed by atoms with van der Waals surface area (Å²) in [5.74, 6) is 0.156. The van der Waals surface area contributed by atoms with Crippen LogP contribution in [0.25, 0.3) is 0 Å². The van der Waals surface area contributed by atoms with Crippen LogP contribution in [0.15, 0.2) is 48.5 Å². The van der Waals surface area contributed by atoms with Gasteiger partial charge in [0.1, 0.15) is 0 Å². The highest BCUT2D eigenvalue weighted by molar-refractivity contribution is 6.03. The Morgan fingerprint density at radius 3 is 2.58 bits per heavy atom. The summed E-state index contributed by atoms with van der Waals surface area (Å²) in [6, 6.07) is 17.0. The van der Waals surface area contributed by atoms with Crippen molar-refractivity contribution in [3.8, 4) is 6.07 Å². The molecule has 0 radical (unpaired) electrons. The molecule has 0 aromatic heterocycles. The Kier molecular flexibility index (Phi) is 2.77. The lowest BCUT2D eigenvalue weighted by Crippen LogP contribution is -2.22. The van der Waals surface area contributed by atoms with Gasteiger partial charge in [-0.25, -0.2) is 0 Å². The van der Waals surface area contributed by atoms with Gasteiger partial charge in [0, 0.05) is 17.7 Å². The van der Waals surface area contributed by atoms with Crippen molar-refractivity contribution < 1.29 is 4.79 Å². The summed E-state index contributed by atoms with van der Waals surface area (Å²) in [6.07, 6.45) is 0.447. The molecular weight excluding hydrogens is 236 g/mol. The minimum Gasteiger partial charge on any atom is -0.377 e. The first-order chi connectivity index (χ1) is 9.28. The zero-order valence-corrected chi connectivity index (χ0v) is 10.3. The van der Waals surface area contributed by atoms with Crippen LogP contribution in [-0.4, -0.2) is 5.78 Å². The van der Waals surface area contributed by atoms with Gasteiger partial charge in [0.2, 0.25) is 0 Å². The maximum Gasteiger partial charge on any atom is 0.167 e. The van der Waals surface area contributed by atoms with Crippen molar-refractivity contribution in [1.29, 1.82) is 5.26 Å². The van der Waals surface area contributed by atoms with Gasteiger partial charge in [-0.05, 0) is 29.8 Å². The molecule has 0 saturated heterocycles. The third kappa shape index (κ3) is 2.09. The van der Waals surface area contributed by atoms with E-state index in [0.717, 1.165) is 16.8 Å². The Morgan fingerprint density at radius 1 is 1.11 bits per heavy atom. The van der Waals surface area contributed by atoms with E-state index < -0.39 is 0 Å². The maximum atomic E-state index is 12.1. The van der Waals surface area contributed by atoms with E-state index in [1.54, 1.807) is 12.1 Å². The molecule has 0 aliphatic carbocycles. The van der Waals surface area contributed by atoms with Crippen LogP contribution in [0.5, 0.6) is 0 Å². The summed E-state index contributed by atoms with van der Waals surface area (Å²) in [4.78, 5) is 12.1. The molecule has 0 spiro atoms. The number of benzene rings is 2. The van der Waals surface area contributed by atoms with Crippen LogP contribution in [-0.2, 0) is 0 Å². The van der Waals surface area contributed by atoms with E-state index in [0.29, 0.717) is 12.0 Å². The Balaban J connectivity index is 1.92. The number of Topliss-reactive ketones (excluding diaryl/α,β-unsaturated/α-hetero) is 1. The van der Waals surface area contributed by atoms with Gasteiger partial charge in [-0.1, -0.05) is 24.3 Å². The number of anilines is 1. The Labute approximate surface area is 111 Å². The fraction of sp³-hybridized carbons (Fsp3) is 0.125. The number of ketones is 1. The zero-order chi connectivity index (χ0) is 13.2. The van der Waals surface area contributed by atoms with Crippen molar-refractivity contribution >= 4 is 11.5 Å². The summed E-state index contributed by atoms with van der Waals surface area (Å²) in [7, 11) is 0. The van der Waals surface area contributed by atoms with Crippen molar-refractivity contribution in [3.05, 3.63) is 65.2 Å². The molecule has 3 rings (SSSR count). The fourth-order valence-corrected chi connectivity index (χ4v) is 2.38. The highest BCUT2D eigenvalue weighted by atomic mass is 16.1. The molecule has 3 heteroatoms. The molecule has 1 unspecified atom stereocenters. The number of hydrogen-bond acceptors (Lipinski definition) is 3. The molecule has 1 aliphatic heterocycles. The zero-order valence-electron chi connectivity index (χ0n) is 10.3. The molecular formula is C16H12N2O. The Bertz CT molecular complexity index is 668. The van der Waals surface area contributed by atoms with Crippen LogP contribution in [0.3, 0.4) is 0 Å². The third-order valence-electron chi connectivity index (χ3n) is 3.39. The second kappa shape index (κ2) is 4.58. The van der Waals surface area contributed by atoms with Crippen LogP contribution >= 0.6 is 0 Å². The van der Waals surface area contributed by atoms with Gasteiger partial charge in [-0.15, -0.1) is 0 Å². The number of hydrogen-bond donors (Lipinski definition) is 1. The van der Waals surface area contributed by atoms with Crippen LogP contribution in [0.1, 0.15) is 33.9 Å². The summed E-state index contributed by atoms with van der Waals surface area (Å²) in [5, 5.41) is 12.2. The molecule has 2 aromatic rings. The maximum absolute atomic E-state index is 12.1. The van der Waals surface area contributed by atoms with Gasteiger partial charge in [0.05, 0.1) is 17.7 Å². The van der Waals surface area contributed by atoms with E-state index >= 15 is 0 Å². The van der Waals surface area contributed by atoms with Crippen molar-refractivity contribution in [2.75, 3.05) is 5.32 Å². The van der Waals surface area contributed by atoms with Crippen LogP contribution < -0.4 is 5.32 Å². The predicted molar refractivity (Wildman–Crippen MR) is 72.9 cm³/mol. The van der Waals surface area contributed by atoms with E-state index in [-0.39, 0.29) is 11.8 Å². The fourth-order valence-electron chi connectivity index (χ4n) is 2.38. The lowest BCUT2D eigenvalue weighted by Gasteiger charge is -2.26. The van der Waals surface area contributed by atoms with Gasteiger partial charge in [-0.3, -0.25) is 4.79 Å². The van der Waals surface area contributed by atoms with E-state index in [1.807, 2.05) is 36.4 Å². The molecule has 3 nitrogen and oxygen atoms in total. The monoisotopic (exact) mass is 248 g/mol. The molecule has 0 bridgehead atoms. The lowest BCUT2D eigenvalue weighted by molar-refractivity contribution is 0.0972. The summed E-state index contributed by atoms with van der Waals surface area (Å²) < 4.78 is 0. The number of nitrogens with zero attached hydrogens (tertiary/aromatic N) is 1. The van der Waals surface area contributed by atoms with Gasteiger partial charge < -0.3 is 5.32 Å². The van der Waals surface area contributed by atoms with Crippen molar-refractivity contribution in [2.45, 2.75) is 12.5 Å². The highest BCUT2D eigenvalue weighted by Crippen LogP contribution is 2.32. The second-order valence-corrected chi connectivity index (χ2v) is 4.60. The quantitative estimate of drug-likeness (QED) is 0.842. The lowest BCUT2D eigenvalue weighted by atomic mass is 9.92. The number of nitriles is 1. The van der Waals surface area contributed by atoms with Gasteiger partial charge >= 0.3 is 0 Å². The van der Waals surface area contributed by atoms with Gasteiger partial charge in [0.25, 0.3) is 0 Å². The third-order valence-corrected chi connectivity index (χ3v) is 3.39. The average Bonchev–Trinajstić information content (AvgIpc) is 2.47. The number of fused-ring (bicyclic) bond motifs is 1. The van der Waals surface area contributed by atoms with Crippen LogP contribution in [0.2, 0.25) is 0 Å². The van der Waals surface area contributed by atoms with Crippen LogP contribution in [0, 0.1) is 11.3 Å². The largest absolute Gasteiger partial charge is 0.377 e. The number of para-hydroxylation sites is 1. The molecule has 1 N–H and O–H groups in total. The second-order valence-electron chi connectivity index (χ2n) is 4.60. The van der Waals surface area contributed by atoms with Gasteiger partial charge in [-0.2, -0.15) is 5.26 Å². The first kappa shape index (κ1) is 11.5. The molecule has 0 amide bonds. The van der Waals surface area contributed by atoms with E-state index in [2.05, 4.69) is 11.4 Å². The predicted octanol–water partition coefficient (Wildman–Crippen LogP) is 3.30. The van der Waals surface area contributed by atoms with E-state index in [4.69, 9.17) is 5.26 Å². The number of nitrogens with one attached hydrogen (secondary N) is 1. The van der Waals surface area contributed by atoms with E-state index in [1.165, 1.54) is 0 Å². The molecule has 0 fully saturated rings. The first-order valence-electron chi connectivity index (χ1n) is 6.17. The smallest absolute Gasteiger partial charge is 0.167 e. The Morgan fingerprint density at radius 2 is 1.84 bits per heavy atom. The average molecular weight is 248 g/mol. The molecule has 92 valence electrons.